The molecule has 16 heavy (non-hydrogen) atoms. The highest BCUT2D eigenvalue weighted by atomic mass is 16.5. The zero-order valence-corrected chi connectivity index (χ0v) is 9.74. The number of aliphatic hydroxyl groups is 1. The Bertz CT molecular complexity index is 362. The lowest BCUT2D eigenvalue weighted by Crippen LogP contribution is -2.09. The molecule has 0 aromatic heterocycles. The predicted molar refractivity (Wildman–Crippen MR) is 59.8 cm³/mol. The molecule has 0 bridgehead atoms. The van der Waals surface area contributed by atoms with Gasteiger partial charge in [0.25, 0.3) is 0 Å². The summed E-state index contributed by atoms with van der Waals surface area (Å²) in [7, 11) is 1.60. The molecule has 1 aromatic rings. The first-order chi connectivity index (χ1) is 7.60. The predicted octanol–water partition coefficient (Wildman–Crippen LogP) is 1.46. The largest absolute Gasteiger partial charge is 0.496 e. The van der Waals surface area contributed by atoms with Gasteiger partial charge in [-0.2, -0.15) is 0 Å². The van der Waals surface area contributed by atoms with E-state index in [2.05, 4.69) is 0 Å². The fraction of sp³-hybridized carbons (Fsp3) is 0.417. The maximum atomic E-state index is 11.5. The Morgan fingerprint density at radius 2 is 1.88 bits per heavy atom. The van der Waals surface area contributed by atoms with E-state index in [9.17, 15) is 4.79 Å². The number of hydrogen-bond acceptors (Lipinski definition) is 4. The van der Waals surface area contributed by atoms with Crippen molar-refractivity contribution < 1.29 is 19.4 Å². The normalized spacial score (nSPS) is 10.0. The third-order valence-corrected chi connectivity index (χ3v) is 2.22. The van der Waals surface area contributed by atoms with E-state index in [1.54, 1.807) is 19.2 Å². The van der Waals surface area contributed by atoms with Crippen molar-refractivity contribution in [3.63, 3.8) is 0 Å². The number of rotatable bonds is 4. The first-order valence-corrected chi connectivity index (χ1v) is 5.03. The quantitative estimate of drug-likeness (QED) is 0.787. The van der Waals surface area contributed by atoms with Gasteiger partial charge in [-0.05, 0) is 37.1 Å². The minimum atomic E-state index is -0.428. The molecule has 0 saturated heterocycles. The molecule has 0 amide bonds. The van der Waals surface area contributed by atoms with Gasteiger partial charge < -0.3 is 14.6 Å². The average Bonchev–Trinajstić information content (AvgIpc) is 2.25. The van der Waals surface area contributed by atoms with Crippen LogP contribution in [0.25, 0.3) is 0 Å². The standard InChI is InChI=1S/C12H16O4/c1-8-6-10(12(14)16-5-4-13)7-9(2)11(8)15-3/h6-7,13H,4-5H2,1-3H3. The molecule has 0 heterocycles. The van der Waals surface area contributed by atoms with E-state index in [0.717, 1.165) is 16.9 Å². The zero-order chi connectivity index (χ0) is 12.1. The molecule has 0 spiro atoms. The molecule has 0 saturated carbocycles. The van der Waals surface area contributed by atoms with Crippen LogP contribution in [0.5, 0.6) is 5.75 Å². The van der Waals surface area contributed by atoms with Crippen LogP contribution in [0, 0.1) is 13.8 Å². The van der Waals surface area contributed by atoms with Gasteiger partial charge in [-0.3, -0.25) is 0 Å². The first kappa shape index (κ1) is 12.5. The molecule has 4 nitrogen and oxygen atoms in total. The fourth-order valence-electron chi connectivity index (χ4n) is 1.61. The van der Waals surface area contributed by atoms with Crippen LogP contribution in [-0.4, -0.2) is 31.4 Å². The van der Waals surface area contributed by atoms with Gasteiger partial charge in [0, 0.05) is 0 Å². The maximum absolute atomic E-state index is 11.5. The fourth-order valence-corrected chi connectivity index (χ4v) is 1.61. The molecule has 0 aliphatic rings. The van der Waals surface area contributed by atoms with E-state index < -0.39 is 5.97 Å². The van der Waals surface area contributed by atoms with Crippen LogP contribution in [0.4, 0.5) is 0 Å². The number of carbonyl (C=O) groups excluding carboxylic acids is 1. The second-order valence-corrected chi connectivity index (χ2v) is 3.50. The molecule has 0 aliphatic heterocycles. The minimum Gasteiger partial charge on any atom is -0.496 e. The molecule has 4 heteroatoms. The first-order valence-electron chi connectivity index (χ1n) is 5.03. The second kappa shape index (κ2) is 5.51. The summed E-state index contributed by atoms with van der Waals surface area (Å²) < 4.78 is 10.0. The monoisotopic (exact) mass is 224 g/mol. The van der Waals surface area contributed by atoms with Gasteiger partial charge in [0.15, 0.2) is 0 Å². The number of esters is 1. The van der Waals surface area contributed by atoms with E-state index in [1.807, 2.05) is 13.8 Å². The van der Waals surface area contributed by atoms with Gasteiger partial charge in [-0.25, -0.2) is 4.79 Å². The molecule has 88 valence electrons. The Kier molecular flexibility index (Phi) is 4.31. The Hall–Kier alpha value is -1.55. The van der Waals surface area contributed by atoms with Crippen LogP contribution in [0.3, 0.4) is 0 Å². The van der Waals surface area contributed by atoms with E-state index in [0.29, 0.717) is 5.56 Å². The summed E-state index contributed by atoms with van der Waals surface area (Å²) in [6.07, 6.45) is 0. The minimum absolute atomic E-state index is 0.0168. The molecule has 1 rings (SSSR count). The van der Waals surface area contributed by atoms with E-state index in [-0.39, 0.29) is 13.2 Å². The summed E-state index contributed by atoms with van der Waals surface area (Å²) in [4.78, 5) is 11.5. The van der Waals surface area contributed by atoms with Gasteiger partial charge in [-0.1, -0.05) is 0 Å². The number of aliphatic hydroxyl groups excluding tert-OH is 1. The summed E-state index contributed by atoms with van der Waals surface area (Å²) in [5.41, 5.74) is 2.25. The molecular formula is C12H16O4. The van der Waals surface area contributed by atoms with Crippen molar-refractivity contribution in [2.24, 2.45) is 0 Å². The Labute approximate surface area is 94.8 Å². The van der Waals surface area contributed by atoms with E-state index in [4.69, 9.17) is 14.6 Å². The Morgan fingerprint density at radius 3 is 2.31 bits per heavy atom. The third-order valence-electron chi connectivity index (χ3n) is 2.22. The van der Waals surface area contributed by atoms with Crippen molar-refractivity contribution in [1.82, 2.24) is 0 Å². The summed E-state index contributed by atoms with van der Waals surface area (Å²) in [5, 5.41) is 8.56. The zero-order valence-electron chi connectivity index (χ0n) is 9.74. The summed E-state index contributed by atoms with van der Waals surface area (Å²) in [6, 6.07) is 3.43. The number of hydrogen-bond donors (Lipinski definition) is 1. The van der Waals surface area contributed by atoms with Gasteiger partial charge in [0.1, 0.15) is 12.4 Å². The maximum Gasteiger partial charge on any atom is 0.338 e. The van der Waals surface area contributed by atoms with Crippen LogP contribution in [-0.2, 0) is 4.74 Å². The number of methoxy groups -OCH3 is 1. The van der Waals surface area contributed by atoms with Crippen LogP contribution < -0.4 is 4.74 Å². The van der Waals surface area contributed by atoms with Crippen molar-refractivity contribution in [2.75, 3.05) is 20.3 Å². The lowest BCUT2D eigenvalue weighted by atomic mass is 10.1. The molecule has 0 aliphatic carbocycles. The van der Waals surface area contributed by atoms with Gasteiger partial charge in [-0.15, -0.1) is 0 Å². The smallest absolute Gasteiger partial charge is 0.338 e. The van der Waals surface area contributed by atoms with Gasteiger partial charge in [0.2, 0.25) is 0 Å². The summed E-state index contributed by atoms with van der Waals surface area (Å²) in [5.74, 6) is 0.349. The number of ether oxygens (including phenoxy) is 2. The van der Waals surface area contributed by atoms with Crippen LogP contribution >= 0.6 is 0 Å². The average molecular weight is 224 g/mol. The summed E-state index contributed by atoms with van der Waals surface area (Å²) in [6.45, 7) is 3.59. The molecule has 1 aromatic carbocycles. The van der Waals surface area contributed by atoms with Crippen LogP contribution in [0.1, 0.15) is 21.5 Å². The third kappa shape index (κ3) is 2.73. The molecule has 0 unspecified atom stereocenters. The van der Waals surface area contributed by atoms with Gasteiger partial charge >= 0.3 is 5.97 Å². The van der Waals surface area contributed by atoms with Crippen LogP contribution in [0.15, 0.2) is 12.1 Å². The highest BCUT2D eigenvalue weighted by Crippen LogP contribution is 2.24. The summed E-state index contributed by atoms with van der Waals surface area (Å²) >= 11 is 0. The Balaban J connectivity index is 2.95. The highest BCUT2D eigenvalue weighted by Gasteiger charge is 2.11. The van der Waals surface area contributed by atoms with E-state index in [1.165, 1.54) is 0 Å². The van der Waals surface area contributed by atoms with Crippen molar-refractivity contribution in [3.05, 3.63) is 28.8 Å². The molecule has 0 atom stereocenters. The van der Waals surface area contributed by atoms with Crippen LogP contribution in [0.2, 0.25) is 0 Å². The molecule has 1 N–H and O–H groups in total. The lowest BCUT2D eigenvalue weighted by Gasteiger charge is -2.10. The molecule has 0 radical (unpaired) electrons. The second-order valence-electron chi connectivity index (χ2n) is 3.50. The van der Waals surface area contributed by atoms with Crippen molar-refractivity contribution in [2.45, 2.75) is 13.8 Å². The van der Waals surface area contributed by atoms with Crippen molar-refractivity contribution in [1.29, 1.82) is 0 Å². The number of carbonyl (C=O) groups is 1. The topological polar surface area (TPSA) is 55.8 Å². The van der Waals surface area contributed by atoms with E-state index >= 15 is 0 Å². The van der Waals surface area contributed by atoms with Crippen molar-refractivity contribution >= 4 is 5.97 Å². The van der Waals surface area contributed by atoms with Gasteiger partial charge in [0.05, 0.1) is 19.3 Å². The Morgan fingerprint density at radius 1 is 1.31 bits per heavy atom. The number of aryl methyl sites for hydroxylation is 2. The highest BCUT2D eigenvalue weighted by molar-refractivity contribution is 5.90. The number of benzene rings is 1. The van der Waals surface area contributed by atoms with Crippen molar-refractivity contribution in [3.8, 4) is 5.75 Å². The molecular weight excluding hydrogens is 208 g/mol. The SMILES string of the molecule is COc1c(C)cc(C(=O)OCCO)cc1C. The lowest BCUT2D eigenvalue weighted by molar-refractivity contribution is 0.0433. The molecule has 0 fully saturated rings.